The van der Waals surface area contributed by atoms with E-state index in [1.54, 1.807) is 0 Å². The largest absolute Gasteiger partial charge is 0.409 e. The van der Waals surface area contributed by atoms with Crippen LogP contribution in [0.15, 0.2) is 84.0 Å². The summed E-state index contributed by atoms with van der Waals surface area (Å²) in [4.78, 5) is 0. The van der Waals surface area contributed by atoms with Gasteiger partial charge in [0.15, 0.2) is 5.84 Å². The van der Waals surface area contributed by atoms with Crippen LogP contribution in [-0.2, 0) is 0 Å². The van der Waals surface area contributed by atoms with E-state index in [1.807, 2.05) is 66.7 Å². The standard InChI is InChI=1S/C19H16N2O/c20-19(21-22)17-13-7-12-16(14-8-3-1-4-9-14)18(17)15-10-5-2-6-11-15/h1-13,22H,(H2,20,21). The van der Waals surface area contributed by atoms with Crippen molar-refractivity contribution in [1.82, 2.24) is 0 Å². The predicted molar refractivity (Wildman–Crippen MR) is 89.8 cm³/mol. The first-order valence-corrected chi connectivity index (χ1v) is 7.03. The third-order valence-corrected chi connectivity index (χ3v) is 3.60. The first-order valence-electron chi connectivity index (χ1n) is 7.03. The maximum absolute atomic E-state index is 9.08. The van der Waals surface area contributed by atoms with Gasteiger partial charge in [-0.15, -0.1) is 0 Å². The first kappa shape index (κ1) is 13.9. The highest BCUT2D eigenvalue weighted by atomic mass is 16.4. The van der Waals surface area contributed by atoms with Crippen LogP contribution in [0, 0.1) is 0 Å². The zero-order valence-corrected chi connectivity index (χ0v) is 12.0. The summed E-state index contributed by atoms with van der Waals surface area (Å²) in [5, 5.41) is 12.3. The summed E-state index contributed by atoms with van der Waals surface area (Å²) in [6.07, 6.45) is 0. The summed E-state index contributed by atoms with van der Waals surface area (Å²) >= 11 is 0. The van der Waals surface area contributed by atoms with Gasteiger partial charge in [0, 0.05) is 11.1 Å². The fraction of sp³-hybridized carbons (Fsp3) is 0. The van der Waals surface area contributed by atoms with Crippen LogP contribution in [0.5, 0.6) is 0 Å². The smallest absolute Gasteiger partial charge is 0.170 e. The molecule has 0 aliphatic rings. The van der Waals surface area contributed by atoms with Crippen LogP contribution in [-0.4, -0.2) is 11.0 Å². The predicted octanol–water partition coefficient (Wildman–Crippen LogP) is 4.12. The van der Waals surface area contributed by atoms with E-state index < -0.39 is 0 Å². The molecule has 0 aliphatic carbocycles. The van der Waals surface area contributed by atoms with Crippen molar-refractivity contribution in [2.75, 3.05) is 0 Å². The molecule has 3 N–H and O–H groups in total. The minimum atomic E-state index is 0.108. The second-order valence-electron chi connectivity index (χ2n) is 4.95. The van der Waals surface area contributed by atoms with E-state index in [-0.39, 0.29) is 5.84 Å². The Balaban J connectivity index is 2.32. The maximum Gasteiger partial charge on any atom is 0.170 e. The second kappa shape index (κ2) is 6.14. The molecule has 22 heavy (non-hydrogen) atoms. The first-order chi connectivity index (χ1) is 10.8. The highest BCUT2D eigenvalue weighted by molar-refractivity contribution is 6.06. The van der Waals surface area contributed by atoms with Crippen molar-refractivity contribution in [1.29, 1.82) is 0 Å². The van der Waals surface area contributed by atoms with Gasteiger partial charge in [-0.25, -0.2) is 0 Å². The molecular weight excluding hydrogens is 272 g/mol. The van der Waals surface area contributed by atoms with Crippen molar-refractivity contribution in [2.24, 2.45) is 10.9 Å². The lowest BCUT2D eigenvalue weighted by atomic mass is 9.90. The monoisotopic (exact) mass is 288 g/mol. The van der Waals surface area contributed by atoms with Crippen LogP contribution >= 0.6 is 0 Å². The highest BCUT2D eigenvalue weighted by Crippen LogP contribution is 2.34. The Morgan fingerprint density at radius 3 is 1.91 bits per heavy atom. The van der Waals surface area contributed by atoms with Crippen molar-refractivity contribution in [3.8, 4) is 22.3 Å². The number of nitrogens with zero attached hydrogens (tertiary/aromatic N) is 1. The Kier molecular flexibility index (Phi) is 3.88. The van der Waals surface area contributed by atoms with E-state index in [4.69, 9.17) is 10.9 Å². The molecule has 0 aliphatic heterocycles. The molecule has 0 radical (unpaired) electrons. The third-order valence-electron chi connectivity index (χ3n) is 3.60. The van der Waals surface area contributed by atoms with Crippen molar-refractivity contribution >= 4 is 5.84 Å². The average molecular weight is 288 g/mol. The van der Waals surface area contributed by atoms with Gasteiger partial charge in [0.25, 0.3) is 0 Å². The summed E-state index contributed by atoms with van der Waals surface area (Å²) in [7, 11) is 0. The maximum atomic E-state index is 9.08. The van der Waals surface area contributed by atoms with Crippen molar-refractivity contribution in [2.45, 2.75) is 0 Å². The normalized spacial score (nSPS) is 11.4. The van der Waals surface area contributed by atoms with Crippen molar-refractivity contribution in [3.63, 3.8) is 0 Å². The van der Waals surface area contributed by atoms with E-state index in [0.29, 0.717) is 0 Å². The summed E-state index contributed by atoms with van der Waals surface area (Å²) in [6.45, 7) is 0. The van der Waals surface area contributed by atoms with Gasteiger partial charge in [0.05, 0.1) is 0 Å². The molecule has 3 nitrogen and oxygen atoms in total. The summed E-state index contributed by atoms with van der Waals surface area (Å²) < 4.78 is 0. The molecule has 3 rings (SSSR count). The van der Waals surface area contributed by atoms with Gasteiger partial charge < -0.3 is 10.9 Å². The molecule has 0 fully saturated rings. The van der Waals surface area contributed by atoms with E-state index in [9.17, 15) is 0 Å². The van der Waals surface area contributed by atoms with Crippen molar-refractivity contribution < 1.29 is 5.21 Å². The fourth-order valence-corrected chi connectivity index (χ4v) is 2.59. The number of oxime groups is 1. The number of nitrogens with two attached hydrogens (primary N) is 1. The molecular formula is C19H16N2O. The van der Waals surface area contributed by atoms with E-state index in [2.05, 4.69) is 17.3 Å². The zero-order chi connectivity index (χ0) is 15.4. The number of benzene rings is 3. The molecule has 0 aromatic heterocycles. The van der Waals surface area contributed by atoms with Crippen LogP contribution in [0.1, 0.15) is 5.56 Å². The Bertz CT molecular complexity index is 796. The SMILES string of the molecule is NC(=NO)c1cccc(-c2ccccc2)c1-c1ccccc1. The Labute approximate surface area is 129 Å². The molecule has 3 heteroatoms. The van der Waals surface area contributed by atoms with Crippen LogP contribution in [0.2, 0.25) is 0 Å². The van der Waals surface area contributed by atoms with E-state index in [1.165, 1.54) is 0 Å². The molecule has 0 bridgehead atoms. The average Bonchev–Trinajstić information content (AvgIpc) is 2.62. The quantitative estimate of drug-likeness (QED) is 0.330. The van der Waals surface area contributed by atoms with Gasteiger partial charge in [0.2, 0.25) is 0 Å². The lowest BCUT2D eigenvalue weighted by molar-refractivity contribution is 0.318. The molecule has 0 amide bonds. The van der Waals surface area contributed by atoms with E-state index >= 15 is 0 Å². The van der Waals surface area contributed by atoms with Gasteiger partial charge in [-0.05, 0) is 16.7 Å². The topological polar surface area (TPSA) is 58.6 Å². The molecule has 3 aromatic carbocycles. The van der Waals surface area contributed by atoms with Crippen LogP contribution in [0.3, 0.4) is 0 Å². The number of hydrogen-bond acceptors (Lipinski definition) is 2. The fourth-order valence-electron chi connectivity index (χ4n) is 2.59. The van der Waals surface area contributed by atoms with Crippen LogP contribution in [0.25, 0.3) is 22.3 Å². The van der Waals surface area contributed by atoms with Crippen molar-refractivity contribution in [3.05, 3.63) is 84.4 Å². The van der Waals surface area contributed by atoms with Gasteiger partial charge in [-0.3, -0.25) is 0 Å². The lowest BCUT2D eigenvalue weighted by Gasteiger charge is -2.15. The second-order valence-corrected chi connectivity index (χ2v) is 4.95. The molecule has 3 aromatic rings. The lowest BCUT2D eigenvalue weighted by Crippen LogP contribution is -2.14. The van der Waals surface area contributed by atoms with Gasteiger partial charge >= 0.3 is 0 Å². The number of hydrogen-bond donors (Lipinski definition) is 2. The molecule has 0 heterocycles. The summed E-state index contributed by atoms with van der Waals surface area (Å²) in [5.41, 5.74) is 10.7. The van der Waals surface area contributed by atoms with Crippen LogP contribution < -0.4 is 5.73 Å². The molecule has 0 saturated heterocycles. The van der Waals surface area contributed by atoms with Gasteiger partial charge in [-0.2, -0.15) is 0 Å². The minimum absolute atomic E-state index is 0.108. The van der Waals surface area contributed by atoms with Gasteiger partial charge in [-0.1, -0.05) is 84.0 Å². The molecule has 0 unspecified atom stereocenters. The minimum Gasteiger partial charge on any atom is -0.409 e. The third kappa shape index (κ3) is 2.56. The Hall–Kier alpha value is -3.07. The summed E-state index contributed by atoms with van der Waals surface area (Å²) in [5.74, 6) is 0.108. The molecule has 0 atom stereocenters. The Morgan fingerprint density at radius 1 is 0.727 bits per heavy atom. The molecule has 0 spiro atoms. The highest BCUT2D eigenvalue weighted by Gasteiger charge is 2.14. The molecule has 0 saturated carbocycles. The zero-order valence-electron chi connectivity index (χ0n) is 12.0. The number of rotatable bonds is 3. The van der Waals surface area contributed by atoms with Crippen LogP contribution in [0.4, 0.5) is 0 Å². The Morgan fingerprint density at radius 2 is 1.32 bits per heavy atom. The molecule has 108 valence electrons. The number of amidine groups is 1. The van der Waals surface area contributed by atoms with Gasteiger partial charge in [0.1, 0.15) is 0 Å². The summed E-state index contributed by atoms with van der Waals surface area (Å²) in [6, 6.07) is 25.9. The van der Waals surface area contributed by atoms with E-state index in [0.717, 1.165) is 27.8 Å².